The molecule has 0 aromatic heterocycles. The molecule has 2 amide bonds. The lowest BCUT2D eigenvalue weighted by molar-refractivity contribution is -0.157. The molecule has 38 heavy (non-hydrogen) atoms. The topological polar surface area (TPSA) is 49.4 Å². The number of rotatable bonds is 8. The molecular weight excluding hydrogens is 623 g/mol. The van der Waals surface area contributed by atoms with Crippen LogP contribution in [0.5, 0.6) is 0 Å². The zero-order valence-corrected chi connectivity index (χ0v) is 21.4. The number of hydrogen-bond acceptors (Lipinski definition) is 2. The summed E-state index contributed by atoms with van der Waals surface area (Å²) in [5.41, 5.74) is -3.57. The molecule has 2 aromatic carbocycles. The Bertz CT molecular complexity index is 1220. The Balaban J connectivity index is 2.34. The summed E-state index contributed by atoms with van der Waals surface area (Å²) in [6.07, 6.45) is -12.7. The summed E-state index contributed by atoms with van der Waals surface area (Å²) in [5.74, 6) is -6.01. The molecule has 2 aromatic rings. The van der Waals surface area contributed by atoms with Crippen molar-refractivity contribution in [1.82, 2.24) is 10.2 Å². The molecule has 0 saturated carbocycles. The van der Waals surface area contributed by atoms with Crippen LogP contribution in [0.25, 0.3) is 5.83 Å². The number of halogens is 11. The Kier molecular flexibility index (Phi) is 10.3. The quantitative estimate of drug-likeness (QED) is 0.310. The van der Waals surface area contributed by atoms with Crippen LogP contribution in [0.3, 0.4) is 0 Å². The van der Waals surface area contributed by atoms with Crippen molar-refractivity contribution in [1.29, 1.82) is 0 Å². The van der Waals surface area contributed by atoms with Crippen molar-refractivity contribution in [3.63, 3.8) is 0 Å². The number of carbonyl (C=O) groups is 2. The van der Waals surface area contributed by atoms with E-state index in [9.17, 15) is 49.1 Å². The van der Waals surface area contributed by atoms with Crippen molar-refractivity contribution in [3.05, 3.63) is 74.2 Å². The standard InChI is InChI=1S/C23H17BrClF9N2O2/c1-36(10-22(29,30)31)19(37)9-35-21(38)13-4-2-12(6-15(13)23(32,33)34)18(26)8-14(20(27)28)11-3-5-17(25)16(24)7-11/h2-8,14,20H,9-10H2,1H3,(H,35,38)/b18-8-. The number of nitrogens with zero attached hydrogens (tertiary/aromatic N) is 1. The van der Waals surface area contributed by atoms with E-state index < -0.39 is 72.1 Å². The van der Waals surface area contributed by atoms with Gasteiger partial charge in [0.25, 0.3) is 5.91 Å². The van der Waals surface area contributed by atoms with Gasteiger partial charge in [-0.3, -0.25) is 9.59 Å². The lowest BCUT2D eigenvalue weighted by Crippen LogP contribution is -2.42. The number of benzene rings is 2. The molecule has 0 spiro atoms. The molecular formula is C23H17BrClF9N2O2. The number of likely N-dealkylation sites (N-methyl/N-ethyl adjacent to an activating group) is 1. The van der Waals surface area contributed by atoms with E-state index in [1.807, 2.05) is 0 Å². The minimum absolute atomic E-state index is 0.0846. The van der Waals surface area contributed by atoms with E-state index in [2.05, 4.69) is 15.9 Å². The maximum absolute atomic E-state index is 14.9. The van der Waals surface area contributed by atoms with Gasteiger partial charge < -0.3 is 10.2 Å². The number of alkyl halides is 8. The Morgan fingerprint density at radius 2 is 1.71 bits per heavy atom. The van der Waals surface area contributed by atoms with Crippen LogP contribution in [0, 0.1) is 0 Å². The summed E-state index contributed by atoms with van der Waals surface area (Å²) in [7, 11) is 0.780. The van der Waals surface area contributed by atoms with Gasteiger partial charge in [0.15, 0.2) is 0 Å². The van der Waals surface area contributed by atoms with Crippen LogP contribution < -0.4 is 5.32 Å². The van der Waals surface area contributed by atoms with E-state index in [-0.39, 0.29) is 26.0 Å². The fourth-order valence-corrected chi connectivity index (χ4v) is 3.67. The summed E-state index contributed by atoms with van der Waals surface area (Å²) < 4.78 is 120. The first-order valence-corrected chi connectivity index (χ1v) is 11.5. The maximum Gasteiger partial charge on any atom is 0.417 e. The minimum atomic E-state index is -5.22. The van der Waals surface area contributed by atoms with Crippen LogP contribution in [0.2, 0.25) is 5.02 Å². The Labute approximate surface area is 223 Å². The predicted octanol–water partition coefficient (Wildman–Crippen LogP) is 7.23. The first kappa shape index (κ1) is 31.5. The number of nitrogens with one attached hydrogen (secondary N) is 1. The van der Waals surface area contributed by atoms with E-state index >= 15 is 0 Å². The van der Waals surface area contributed by atoms with Crippen molar-refractivity contribution >= 4 is 45.2 Å². The van der Waals surface area contributed by atoms with Crippen LogP contribution >= 0.6 is 27.5 Å². The molecule has 2 rings (SSSR count). The van der Waals surface area contributed by atoms with Gasteiger partial charge in [0.2, 0.25) is 12.3 Å². The van der Waals surface area contributed by atoms with Gasteiger partial charge in [-0.15, -0.1) is 0 Å². The van der Waals surface area contributed by atoms with Gasteiger partial charge in [0, 0.05) is 17.1 Å². The third-order valence-corrected chi connectivity index (χ3v) is 6.23. The van der Waals surface area contributed by atoms with Crippen molar-refractivity contribution < 1.29 is 49.1 Å². The smallest absolute Gasteiger partial charge is 0.343 e. The van der Waals surface area contributed by atoms with Gasteiger partial charge in [0.1, 0.15) is 12.4 Å². The van der Waals surface area contributed by atoms with Gasteiger partial charge in [-0.05, 0) is 51.8 Å². The third kappa shape index (κ3) is 8.65. The monoisotopic (exact) mass is 638 g/mol. The molecule has 0 aliphatic carbocycles. The summed E-state index contributed by atoms with van der Waals surface area (Å²) in [6.45, 7) is -2.70. The fourth-order valence-electron chi connectivity index (χ4n) is 3.16. The molecule has 1 atom stereocenters. The molecule has 4 nitrogen and oxygen atoms in total. The van der Waals surface area contributed by atoms with Gasteiger partial charge in [-0.2, -0.15) is 26.3 Å². The second kappa shape index (κ2) is 12.4. The maximum atomic E-state index is 14.9. The second-order valence-electron chi connectivity index (χ2n) is 7.85. The highest BCUT2D eigenvalue weighted by Gasteiger charge is 2.36. The number of allylic oxidation sites excluding steroid dienone is 1. The predicted molar refractivity (Wildman–Crippen MR) is 124 cm³/mol. The van der Waals surface area contributed by atoms with E-state index in [1.165, 1.54) is 18.2 Å². The normalized spacial score (nSPS) is 13.4. The fraction of sp³-hybridized carbons (Fsp3) is 0.304. The van der Waals surface area contributed by atoms with Crippen LogP contribution in [-0.4, -0.2) is 49.5 Å². The first-order chi connectivity index (χ1) is 17.4. The highest BCUT2D eigenvalue weighted by atomic mass is 79.9. The molecule has 0 radical (unpaired) electrons. The third-order valence-electron chi connectivity index (χ3n) is 5.01. The van der Waals surface area contributed by atoms with E-state index in [0.29, 0.717) is 12.1 Å². The van der Waals surface area contributed by atoms with E-state index in [1.54, 1.807) is 5.32 Å². The van der Waals surface area contributed by atoms with Crippen LogP contribution in [-0.2, 0) is 11.0 Å². The van der Waals surface area contributed by atoms with Crippen molar-refractivity contribution in [2.45, 2.75) is 24.7 Å². The Morgan fingerprint density at radius 3 is 2.24 bits per heavy atom. The summed E-state index contributed by atoms with van der Waals surface area (Å²) >= 11 is 8.86. The van der Waals surface area contributed by atoms with Crippen LogP contribution in [0.4, 0.5) is 39.5 Å². The molecule has 1 unspecified atom stereocenters. The lowest BCUT2D eigenvalue weighted by Gasteiger charge is -2.19. The zero-order chi connectivity index (χ0) is 29.0. The van der Waals surface area contributed by atoms with Gasteiger partial charge in [-0.25, -0.2) is 13.2 Å². The summed E-state index contributed by atoms with van der Waals surface area (Å²) in [5, 5.41) is 1.97. The second-order valence-corrected chi connectivity index (χ2v) is 9.12. The van der Waals surface area contributed by atoms with Gasteiger partial charge in [-0.1, -0.05) is 23.7 Å². The molecule has 0 heterocycles. The SMILES string of the molecule is CN(CC(F)(F)F)C(=O)CNC(=O)c1ccc(/C(F)=C/C(c2ccc(Cl)c(Br)c2)C(F)F)cc1C(F)(F)F. The molecule has 15 heteroatoms. The lowest BCUT2D eigenvalue weighted by atomic mass is 9.96. The average Bonchev–Trinajstić information content (AvgIpc) is 2.80. The van der Waals surface area contributed by atoms with Crippen molar-refractivity contribution in [2.75, 3.05) is 20.1 Å². The molecule has 0 bridgehead atoms. The summed E-state index contributed by atoms with van der Waals surface area (Å²) in [6, 6.07) is 5.16. The van der Waals surface area contributed by atoms with Crippen LogP contribution in [0.1, 0.15) is 33.0 Å². The molecule has 1 N–H and O–H groups in total. The number of carbonyl (C=O) groups excluding carboxylic acids is 2. The van der Waals surface area contributed by atoms with Gasteiger partial charge in [0.05, 0.1) is 28.6 Å². The molecule has 0 aliphatic rings. The molecule has 0 fully saturated rings. The average molecular weight is 640 g/mol. The highest BCUT2D eigenvalue weighted by Crippen LogP contribution is 2.37. The minimum Gasteiger partial charge on any atom is -0.343 e. The van der Waals surface area contributed by atoms with E-state index in [4.69, 9.17) is 11.6 Å². The summed E-state index contributed by atoms with van der Waals surface area (Å²) in [4.78, 5) is 24.3. The Morgan fingerprint density at radius 1 is 1.08 bits per heavy atom. The van der Waals surface area contributed by atoms with E-state index in [0.717, 1.165) is 13.1 Å². The van der Waals surface area contributed by atoms with Crippen molar-refractivity contribution in [2.24, 2.45) is 0 Å². The number of hydrogen-bond donors (Lipinski definition) is 1. The number of amides is 2. The molecule has 208 valence electrons. The molecule has 0 aliphatic heterocycles. The first-order valence-electron chi connectivity index (χ1n) is 10.3. The van der Waals surface area contributed by atoms with Crippen LogP contribution in [0.15, 0.2) is 46.9 Å². The zero-order valence-electron chi connectivity index (χ0n) is 19.0. The molecule has 0 saturated heterocycles. The van der Waals surface area contributed by atoms with Crippen molar-refractivity contribution in [3.8, 4) is 0 Å². The Hall–Kier alpha value is -2.74. The highest BCUT2D eigenvalue weighted by molar-refractivity contribution is 9.10. The van der Waals surface area contributed by atoms with Gasteiger partial charge >= 0.3 is 12.4 Å². The largest absolute Gasteiger partial charge is 0.417 e.